The van der Waals surface area contributed by atoms with Gasteiger partial charge in [0.05, 0.1) is 29.8 Å². The molecule has 0 spiro atoms. The lowest BCUT2D eigenvalue weighted by Crippen LogP contribution is -2.23. The van der Waals surface area contributed by atoms with Crippen LogP contribution in [0.15, 0.2) is 51.7 Å². The zero-order chi connectivity index (χ0) is 24.7. The fraction of sp³-hybridized carbons (Fsp3) is 0.318. The minimum absolute atomic E-state index is 0.00376. The molecule has 3 aromatic rings. The number of aromatic nitrogens is 1. The predicted octanol–water partition coefficient (Wildman–Crippen LogP) is 3.21. The predicted molar refractivity (Wildman–Crippen MR) is 113 cm³/mol. The van der Waals surface area contributed by atoms with Gasteiger partial charge >= 0.3 is 17.9 Å². The number of rotatable bonds is 10. The quantitative estimate of drug-likeness (QED) is 0.349. The number of halogens is 3. The van der Waals surface area contributed by atoms with Gasteiger partial charge in [-0.1, -0.05) is 12.1 Å². The maximum atomic E-state index is 13.1. The molecule has 0 aliphatic rings. The molecule has 1 heterocycles. The molecule has 0 radical (unpaired) electrons. The van der Waals surface area contributed by atoms with Crippen LogP contribution < -0.4 is 15.8 Å². The molecule has 0 saturated carbocycles. The number of esters is 1. The largest absolute Gasteiger partial charge is 0.489 e. The van der Waals surface area contributed by atoms with Crippen molar-refractivity contribution in [2.75, 3.05) is 32.2 Å². The maximum absolute atomic E-state index is 13.1. The lowest BCUT2D eigenvalue weighted by molar-refractivity contribution is -0.147. The normalized spacial score (nSPS) is 11.4. The molecular weight excluding hydrogens is 461 g/mol. The Hall–Kier alpha value is -3.80. The topological polar surface area (TPSA) is 109 Å². The average Bonchev–Trinajstić information content (AvgIpc) is 3.11. The molecule has 3 rings (SSSR count). The second-order valence-corrected chi connectivity index (χ2v) is 7.00. The molecule has 1 N–H and O–H groups in total. The summed E-state index contributed by atoms with van der Waals surface area (Å²) in [7, 11) is 1.43. The summed E-state index contributed by atoms with van der Waals surface area (Å²) in [4.78, 5) is 36.2. The third kappa shape index (κ3) is 6.38. The summed E-state index contributed by atoms with van der Waals surface area (Å²) in [5.74, 6) is -2.30. The number of alkyl halides is 3. The van der Waals surface area contributed by atoms with Gasteiger partial charge in [0.25, 0.3) is 5.91 Å². The van der Waals surface area contributed by atoms with Crippen molar-refractivity contribution in [2.45, 2.75) is 19.1 Å². The number of carbonyl (C=O) groups is 2. The van der Waals surface area contributed by atoms with E-state index in [0.29, 0.717) is 11.1 Å². The molecule has 0 aliphatic heterocycles. The Balaban J connectivity index is 1.58. The van der Waals surface area contributed by atoms with E-state index in [-0.39, 0.29) is 37.6 Å². The van der Waals surface area contributed by atoms with Crippen molar-refractivity contribution in [3.05, 3.63) is 58.6 Å². The standard InChI is InChI=1S/C22H21F3N2O7/c1-31-10-11-32-17-7-6-14(22(23,24)25)12-15(17)26-19(28)13-33-20(29)8-9-27-16-4-2-3-5-18(16)34-21(27)30/h2-7,12H,8-11,13H2,1H3,(H,26,28). The Kier molecular flexibility index (Phi) is 7.95. The minimum Gasteiger partial charge on any atom is -0.489 e. The van der Waals surface area contributed by atoms with Crippen molar-refractivity contribution in [1.82, 2.24) is 4.57 Å². The van der Waals surface area contributed by atoms with Crippen LogP contribution in [0, 0.1) is 0 Å². The van der Waals surface area contributed by atoms with Crippen LogP contribution in [0.25, 0.3) is 11.1 Å². The number of carbonyl (C=O) groups excluding carboxylic acids is 2. The molecule has 34 heavy (non-hydrogen) atoms. The zero-order valence-electron chi connectivity index (χ0n) is 18.0. The zero-order valence-corrected chi connectivity index (χ0v) is 18.0. The van der Waals surface area contributed by atoms with Crippen LogP contribution in [0.4, 0.5) is 18.9 Å². The van der Waals surface area contributed by atoms with Gasteiger partial charge in [0.2, 0.25) is 0 Å². The highest BCUT2D eigenvalue weighted by Crippen LogP contribution is 2.35. The summed E-state index contributed by atoms with van der Waals surface area (Å²) in [5.41, 5.74) is -0.353. The highest BCUT2D eigenvalue weighted by Gasteiger charge is 2.31. The molecule has 0 atom stereocenters. The van der Waals surface area contributed by atoms with Crippen LogP contribution in [0.2, 0.25) is 0 Å². The van der Waals surface area contributed by atoms with Gasteiger partial charge in [-0.3, -0.25) is 14.2 Å². The molecule has 1 aromatic heterocycles. The van der Waals surface area contributed by atoms with Crippen LogP contribution in [0.1, 0.15) is 12.0 Å². The van der Waals surface area contributed by atoms with Gasteiger partial charge in [-0.15, -0.1) is 0 Å². The lowest BCUT2D eigenvalue weighted by Gasteiger charge is -2.15. The summed E-state index contributed by atoms with van der Waals surface area (Å²) in [6, 6.07) is 9.28. The van der Waals surface area contributed by atoms with Gasteiger partial charge in [-0.25, -0.2) is 4.79 Å². The van der Waals surface area contributed by atoms with E-state index in [4.69, 9.17) is 18.6 Å². The maximum Gasteiger partial charge on any atom is 0.419 e. The van der Waals surface area contributed by atoms with Gasteiger partial charge in [-0.05, 0) is 30.3 Å². The summed E-state index contributed by atoms with van der Waals surface area (Å²) in [5, 5.41) is 2.26. The van der Waals surface area contributed by atoms with E-state index < -0.39 is 36.0 Å². The first-order valence-corrected chi connectivity index (χ1v) is 10.1. The van der Waals surface area contributed by atoms with Crippen LogP contribution in [-0.2, 0) is 31.8 Å². The number of fused-ring (bicyclic) bond motifs is 1. The third-order valence-corrected chi connectivity index (χ3v) is 4.60. The van der Waals surface area contributed by atoms with Crippen molar-refractivity contribution >= 4 is 28.7 Å². The molecule has 0 aliphatic carbocycles. The first kappa shape index (κ1) is 24.8. The summed E-state index contributed by atoms with van der Waals surface area (Å²) in [6.45, 7) is -0.558. The molecule has 9 nitrogen and oxygen atoms in total. The Morgan fingerprint density at radius 2 is 1.88 bits per heavy atom. The summed E-state index contributed by atoms with van der Waals surface area (Å²) >= 11 is 0. The van der Waals surface area contributed by atoms with Gasteiger partial charge < -0.3 is 23.9 Å². The van der Waals surface area contributed by atoms with E-state index >= 15 is 0 Å². The van der Waals surface area contributed by atoms with Crippen molar-refractivity contribution in [1.29, 1.82) is 0 Å². The number of nitrogens with zero attached hydrogens (tertiary/aromatic N) is 1. The lowest BCUT2D eigenvalue weighted by atomic mass is 10.1. The van der Waals surface area contributed by atoms with E-state index in [1.807, 2.05) is 0 Å². The number of nitrogens with one attached hydrogen (secondary N) is 1. The van der Waals surface area contributed by atoms with Crippen LogP contribution in [-0.4, -0.2) is 43.4 Å². The molecule has 0 unspecified atom stereocenters. The van der Waals surface area contributed by atoms with E-state index in [1.54, 1.807) is 24.3 Å². The van der Waals surface area contributed by atoms with Crippen molar-refractivity contribution in [3.63, 3.8) is 0 Å². The molecule has 0 saturated heterocycles. The van der Waals surface area contributed by atoms with Gasteiger partial charge in [0.1, 0.15) is 12.4 Å². The van der Waals surface area contributed by atoms with Crippen molar-refractivity contribution in [2.24, 2.45) is 0 Å². The number of benzene rings is 2. The van der Waals surface area contributed by atoms with E-state index in [0.717, 1.165) is 18.2 Å². The molecule has 0 fully saturated rings. The molecule has 0 bridgehead atoms. The van der Waals surface area contributed by atoms with Crippen LogP contribution in [0.3, 0.4) is 0 Å². The van der Waals surface area contributed by atoms with Crippen molar-refractivity contribution < 1.29 is 41.4 Å². The highest BCUT2D eigenvalue weighted by atomic mass is 19.4. The second-order valence-electron chi connectivity index (χ2n) is 7.00. The smallest absolute Gasteiger partial charge is 0.419 e. The fourth-order valence-electron chi connectivity index (χ4n) is 3.00. The number of aryl methyl sites for hydroxylation is 1. The Morgan fingerprint density at radius 1 is 1.12 bits per heavy atom. The van der Waals surface area contributed by atoms with E-state index in [1.165, 1.54) is 11.7 Å². The summed E-state index contributed by atoms with van der Waals surface area (Å²) < 4.78 is 60.5. The second kappa shape index (κ2) is 10.9. The molecule has 182 valence electrons. The average molecular weight is 482 g/mol. The molecule has 2 aromatic carbocycles. The number of para-hydroxylation sites is 2. The van der Waals surface area contributed by atoms with Crippen molar-refractivity contribution in [3.8, 4) is 5.75 Å². The first-order valence-electron chi connectivity index (χ1n) is 10.1. The van der Waals surface area contributed by atoms with Crippen LogP contribution >= 0.6 is 0 Å². The number of amides is 1. The van der Waals surface area contributed by atoms with Gasteiger partial charge in [0.15, 0.2) is 12.2 Å². The fourth-order valence-corrected chi connectivity index (χ4v) is 3.00. The number of hydrogen-bond acceptors (Lipinski definition) is 7. The molecule has 1 amide bonds. The number of hydrogen-bond donors (Lipinski definition) is 1. The van der Waals surface area contributed by atoms with Gasteiger partial charge in [0, 0.05) is 13.7 Å². The Bertz CT molecular complexity index is 1220. The highest BCUT2D eigenvalue weighted by molar-refractivity contribution is 5.94. The first-order chi connectivity index (χ1) is 16.2. The number of methoxy groups -OCH3 is 1. The number of anilines is 1. The molecule has 12 heteroatoms. The third-order valence-electron chi connectivity index (χ3n) is 4.60. The Labute approximate surface area is 191 Å². The van der Waals surface area contributed by atoms with Crippen LogP contribution in [0.5, 0.6) is 5.75 Å². The van der Waals surface area contributed by atoms with Gasteiger partial charge in [-0.2, -0.15) is 13.2 Å². The Morgan fingerprint density at radius 3 is 2.62 bits per heavy atom. The number of oxazole rings is 1. The van der Waals surface area contributed by atoms with E-state index in [2.05, 4.69) is 5.32 Å². The monoisotopic (exact) mass is 482 g/mol. The van der Waals surface area contributed by atoms with E-state index in [9.17, 15) is 27.6 Å². The molecular formula is C22H21F3N2O7. The number of ether oxygens (including phenoxy) is 3. The summed E-state index contributed by atoms with van der Waals surface area (Å²) in [6.07, 6.45) is -4.86. The minimum atomic E-state index is -4.63. The SMILES string of the molecule is COCCOc1ccc(C(F)(F)F)cc1NC(=O)COC(=O)CCn1c(=O)oc2ccccc21.